The molecule has 124 valence electrons. The summed E-state index contributed by atoms with van der Waals surface area (Å²) in [6.45, 7) is 0. The zero-order valence-corrected chi connectivity index (χ0v) is 14.6. The Labute approximate surface area is 149 Å². The lowest BCUT2D eigenvalue weighted by Crippen LogP contribution is -2.07. The summed E-state index contributed by atoms with van der Waals surface area (Å²) < 4.78 is 30.0. The molecule has 2 aromatic carbocycles. The van der Waals surface area contributed by atoms with Gasteiger partial charge in [0.05, 0.1) is 16.3 Å². The van der Waals surface area contributed by atoms with E-state index in [2.05, 4.69) is 10.2 Å². The van der Waals surface area contributed by atoms with E-state index in [1.165, 1.54) is 0 Å². The van der Waals surface area contributed by atoms with Crippen molar-refractivity contribution < 1.29 is 12.8 Å². The molecule has 0 aliphatic rings. The van der Waals surface area contributed by atoms with Crippen LogP contribution >= 0.6 is 23.2 Å². The van der Waals surface area contributed by atoms with Gasteiger partial charge in [-0.2, -0.15) is 0 Å². The second-order valence-corrected chi connectivity index (χ2v) is 8.05. The first kappa shape index (κ1) is 17.0. The number of benzene rings is 2. The molecule has 0 aliphatic heterocycles. The summed E-state index contributed by atoms with van der Waals surface area (Å²) in [5, 5.41) is 8.67. The molecule has 1 aromatic heterocycles. The second-order valence-electron chi connectivity index (χ2n) is 5.14. The largest absolute Gasteiger partial charge is 0.420 e. The summed E-state index contributed by atoms with van der Waals surface area (Å²) in [6.07, 6.45) is 0. The van der Waals surface area contributed by atoms with Gasteiger partial charge < -0.3 is 4.42 Å². The fraction of sp³-hybridized carbons (Fsp3) is 0.125. The summed E-state index contributed by atoms with van der Waals surface area (Å²) >= 11 is 11.9. The summed E-state index contributed by atoms with van der Waals surface area (Å²) in [7, 11) is -3.45. The number of aromatic nitrogens is 2. The maximum atomic E-state index is 12.3. The monoisotopic (exact) mass is 382 g/mol. The third-order valence-corrected chi connectivity index (χ3v) is 5.26. The molecule has 0 atom stereocenters. The Kier molecular flexibility index (Phi) is 4.89. The summed E-state index contributed by atoms with van der Waals surface area (Å²) in [4.78, 5) is 0. The molecule has 24 heavy (non-hydrogen) atoms. The molecule has 0 N–H and O–H groups in total. The van der Waals surface area contributed by atoms with Crippen molar-refractivity contribution in [1.29, 1.82) is 0 Å². The highest BCUT2D eigenvalue weighted by Crippen LogP contribution is 2.26. The molecule has 5 nitrogen and oxygen atoms in total. The number of rotatable bonds is 5. The van der Waals surface area contributed by atoms with E-state index in [0.29, 0.717) is 21.2 Å². The molecular weight excluding hydrogens is 371 g/mol. The number of hydrogen-bond acceptors (Lipinski definition) is 5. The van der Waals surface area contributed by atoms with Crippen molar-refractivity contribution in [2.75, 3.05) is 0 Å². The molecule has 0 aliphatic carbocycles. The Bertz CT molecular complexity index is 953. The van der Waals surface area contributed by atoms with Crippen LogP contribution in [0.4, 0.5) is 0 Å². The highest BCUT2D eigenvalue weighted by Gasteiger charge is 2.19. The lowest BCUT2D eigenvalue weighted by molar-refractivity contribution is 0.518. The number of sulfone groups is 1. The molecule has 0 spiro atoms. The zero-order chi connectivity index (χ0) is 17.2. The molecule has 8 heteroatoms. The normalized spacial score (nSPS) is 11.6. The topological polar surface area (TPSA) is 73.1 Å². The quantitative estimate of drug-likeness (QED) is 0.662. The molecule has 0 saturated carbocycles. The van der Waals surface area contributed by atoms with Gasteiger partial charge in [0.2, 0.25) is 11.8 Å². The predicted octanol–water partition coefficient (Wildman–Crippen LogP) is 4.16. The van der Waals surface area contributed by atoms with Crippen molar-refractivity contribution in [3.05, 3.63) is 70.0 Å². The van der Waals surface area contributed by atoms with Crippen molar-refractivity contribution in [3.8, 4) is 11.5 Å². The minimum absolute atomic E-state index is 0.0267. The lowest BCUT2D eigenvalue weighted by atomic mass is 10.2. The van der Waals surface area contributed by atoms with Crippen LogP contribution in [-0.2, 0) is 21.3 Å². The van der Waals surface area contributed by atoms with Gasteiger partial charge in [-0.25, -0.2) is 8.42 Å². The fourth-order valence-electron chi connectivity index (χ4n) is 2.13. The first-order valence-electron chi connectivity index (χ1n) is 6.95. The van der Waals surface area contributed by atoms with Gasteiger partial charge in [-0.1, -0.05) is 47.5 Å². The third kappa shape index (κ3) is 4.14. The van der Waals surface area contributed by atoms with Crippen molar-refractivity contribution in [2.45, 2.75) is 11.5 Å². The van der Waals surface area contributed by atoms with E-state index in [1.54, 1.807) is 48.5 Å². The van der Waals surface area contributed by atoms with Gasteiger partial charge in [0, 0.05) is 5.02 Å². The lowest BCUT2D eigenvalue weighted by Gasteiger charge is -2.02. The van der Waals surface area contributed by atoms with Crippen molar-refractivity contribution >= 4 is 33.0 Å². The van der Waals surface area contributed by atoms with Gasteiger partial charge >= 0.3 is 0 Å². The molecule has 3 rings (SSSR count). The van der Waals surface area contributed by atoms with Gasteiger partial charge in [0.25, 0.3) is 0 Å². The second kappa shape index (κ2) is 6.93. The van der Waals surface area contributed by atoms with Crippen LogP contribution in [0.15, 0.2) is 52.9 Å². The van der Waals surface area contributed by atoms with Crippen molar-refractivity contribution in [1.82, 2.24) is 10.2 Å². The van der Waals surface area contributed by atoms with E-state index in [0.717, 1.165) is 0 Å². The Hall–Kier alpha value is -1.89. The molecule has 3 aromatic rings. The first-order chi connectivity index (χ1) is 11.4. The fourth-order valence-corrected chi connectivity index (χ4v) is 3.77. The van der Waals surface area contributed by atoms with Crippen LogP contribution in [0, 0.1) is 0 Å². The van der Waals surface area contributed by atoms with E-state index in [4.69, 9.17) is 27.6 Å². The van der Waals surface area contributed by atoms with E-state index >= 15 is 0 Å². The van der Waals surface area contributed by atoms with Crippen molar-refractivity contribution in [3.63, 3.8) is 0 Å². The maximum Gasteiger partial charge on any atom is 0.249 e. The minimum atomic E-state index is -3.45. The smallest absolute Gasteiger partial charge is 0.249 e. The van der Waals surface area contributed by atoms with E-state index < -0.39 is 9.84 Å². The average molecular weight is 383 g/mol. The number of nitrogens with zero attached hydrogens (tertiary/aromatic N) is 2. The molecule has 0 bridgehead atoms. The van der Waals surface area contributed by atoms with E-state index in [-0.39, 0.29) is 23.3 Å². The molecule has 0 fully saturated rings. The minimum Gasteiger partial charge on any atom is -0.420 e. The highest BCUT2D eigenvalue weighted by molar-refractivity contribution is 7.89. The van der Waals surface area contributed by atoms with Gasteiger partial charge in [0.15, 0.2) is 9.84 Å². The number of hydrogen-bond donors (Lipinski definition) is 0. The molecule has 0 radical (unpaired) electrons. The van der Waals surface area contributed by atoms with Crippen LogP contribution in [0.5, 0.6) is 0 Å². The van der Waals surface area contributed by atoms with Crippen LogP contribution in [0.1, 0.15) is 11.5 Å². The van der Waals surface area contributed by atoms with Gasteiger partial charge in [-0.05, 0) is 29.8 Å². The average Bonchev–Trinajstić information content (AvgIpc) is 2.97. The zero-order valence-electron chi connectivity index (χ0n) is 12.3. The van der Waals surface area contributed by atoms with Crippen LogP contribution in [0.25, 0.3) is 11.5 Å². The van der Waals surface area contributed by atoms with Gasteiger partial charge in [-0.15, -0.1) is 10.2 Å². The van der Waals surface area contributed by atoms with E-state index in [1.807, 2.05) is 0 Å². The van der Waals surface area contributed by atoms with Crippen molar-refractivity contribution in [2.24, 2.45) is 0 Å². The molecular formula is C16H12Cl2N2O3S. The summed E-state index contributed by atoms with van der Waals surface area (Å²) in [5.41, 5.74) is 1.21. The number of halogens is 2. The molecule has 1 heterocycles. The van der Waals surface area contributed by atoms with Crippen LogP contribution in [0.3, 0.4) is 0 Å². The molecule has 0 amide bonds. The Balaban J connectivity index is 1.76. The van der Waals surface area contributed by atoms with Crippen LogP contribution in [-0.4, -0.2) is 18.6 Å². The third-order valence-electron chi connectivity index (χ3n) is 3.21. The summed E-state index contributed by atoms with van der Waals surface area (Å²) in [5.74, 6) is -0.252. The predicted molar refractivity (Wildman–Crippen MR) is 92.5 cm³/mol. The molecule has 0 saturated heterocycles. The summed E-state index contributed by atoms with van der Waals surface area (Å²) in [6, 6.07) is 13.6. The van der Waals surface area contributed by atoms with E-state index in [9.17, 15) is 8.42 Å². The Morgan fingerprint density at radius 2 is 1.62 bits per heavy atom. The maximum absolute atomic E-state index is 12.3. The molecule has 0 unspecified atom stereocenters. The Morgan fingerprint density at radius 1 is 0.917 bits per heavy atom. The highest BCUT2D eigenvalue weighted by atomic mass is 35.5. The van der Waals surface area contributed by atoms with Gasteiger partial charge in [0.1, 0.15) is 5.75 Å². The van der Waals surface area contributed by atoms with Crippen LogP contribution in [0.2, 0.25) is 10.0 Å². The SMILES string of the molecule is O=S(=O)(Cc1ccc(Cl)cc1)Cc1nnc(-c2ccccc2Cl)o1. The Morgan fingerprint density at radius 3 is 2.33 bits per heavy atom. The van der Waals surface area contributed by atoms with Crippen LogP contribution < -0.4 is 0 Å². The van der Waals surface area contributed by atoms with Gasteiger partial charge in [-0.3, -0.25) is 0 Å². The first-order valence-corrected chi connectivity index (χ1v) is 9.53. The standard InChI is InChI=1S/C16H12Cl2N2O3S/c17-12-7-5-11(6-8-12)9-24(21,22)10-15-19-20-16(23-15)13-3-1-2-4-14(13)18/h1-8H,9-10H2.